The molecule has 0 amide bonds. The second-order valence-corrected chi connectivity index (χ2v) is 5.77. The van der Waals surface area contributed by atoms with E-state index >= 15 is 0 Å². The molecule has 4 heteroatoms. The normalized spacial score (nSPS) is 11.1. The maximum absolute atomic E-state index is 13.3. The molecule has 0 aromatic heterocycles. The third kappa shape index (κ3) is 4.54. The van der Waals surface area contributed by atoms with Crippen LogP contribution in [0.4, 0.5) is 10.1 Å². The molecular formula is C15H24FN3. The molecule has 0 aliphatic carbocycles. The summed E-state index contributed by atoms with van der Waals surface area (Å²) in [4.78, 5) is 2.19. The lowest BCUT2D eigenvalue weighted by atomic mass is 10.1. The van der Waals surface area contributed by atoms with Gasteiger partial charge in [-0.2, -0.15) is 0 Å². The summed E-state index contributed by atoms with van der Waals surface area (Å²) >= 11 is 0. The van der Waals surface area contributed by atoms with Crippen molar-refractivity contribution in [2.24, 2.45) is 17.6 Å². The van der Waals surface area contributed by atoms with Crippen LogP contribution in [0.2, 0.25) is 0 Å². The van der Waals surface area contributed by atoms with Gasteiger partial charge >= 0.3 is 0 Å². The van der Waals surface area contributed by atoms with Gasteiger partial charge in [0.1, 0.15) is 11.7 Å². The van der Waals surface area contributed by atoms with Gasteiger partial charge in [0.25, 0.3) is 0 Å². The molecule has 19 heavy (non-hydrogen) atoms. The number of hydrogen-bond acceptors (Lipinski definition) is 2. The van der Waals surface area contributed by atoms with Crippen molar-refractivity contribution in [1.29, 1.82) is 5.41 Å². The molecule has 0 aliphatic rings. The molecule has 0 unspecified atom stereocenters. The summed E-state index contributed by atoms with van der Waals surface area (Å²) in [5.41, 5.74) is 6.89. The summed E-state index contributed by atoms with van der Waals surface area (Å²) in [7, 11) is 0. The summed E-state index contributed by atoms with van der Waals surface area (Å²) in [6, 6.07) is 4.48. The van der Waals surface area contributed by atoms with Crippen LogP contribution in [0.15, 0.2) is 18.2 Å². The molecule has 0 bridgehead atoms. The molecule has 0 saturated carbocycles. The van der Waals surface area contributed by atoms with E-state index in [-0.39, 0.29) is 11.7 Å². The number of rotatable bonds is 6. The van der Waals surface area contributed by atoms with E-state index in [1.165, 1.54) is 12.1 Å². The fraction of sp³-hybridized carbons (Fsp3) is 0.533. The third-order valence-corrected chi connectivity index (χ3v) is 2.76. The third-order valence-electron chi connectivity index (χ3n) is 2.76. The summed E-state index contributed by atoms with van der Waals surface area (Å²) in [5, 5.41) is 7.62. The van der Waals surface area contributed by atoms with Crippen LogP contribution in [-0.4, -0.2) is 18.9 Å². The van der Waals surface area contributed by atoms with Gasteiger partial charge in [0, 0.05) is 24.3 Å². The standard InChI is InChI=1S/C15H24FN3/c1-10(2)8-19(9-11(3)4)14-6-5-12(16)7-13(14)15(17)18/h5-7,10-11H,8-9H2,1-4H3,(H3,17,18). The first-order valence-electron chi connectivity index (χ1n) is 6.70. The Bertz CT molecular complexity index is 431. The average molecular weight is 265 g/mol. The van der Waals surface area contributed by atoms with Gasteiger partial charge in [-0.05, 0) is 30.0 Å². The number of nitrogens with one attached hydrogen (secondary N) is 1. The maximum Gasteiger partial charge on any atom is 0.125 e. The van der Waals surface area contributed by atoms with Crippen molar-refractivity contribution in [3.63, 3.8) is 0 Å². The van der Waals surface area contributed by atoms with Crippen LogP contribution < -0.4 is 10.6 Å². The SMILES string of the molecule is CC(C)CN(CC(C)C)c1ccc(F)cc1C(=N)N. The van der Waals surface area contributed by atoms with Crippen LogP contribution in [0.25, 0.3) is 0 Å². The largest absolute Gasteiger partial charge is 0.384 e. The molecule has 1 aromatic carbocycles. The van der Waals surface area contributed by atoms with E-state index in [9.17, 15) is 4.39 Å². The fourth-order valence-corrected chi connectivity index (χ4v) is 2.15. The van der Waals surface area contributed by atoms with Gasteiger partial charge in [-0.3, -0.25) is 5.41 Å². The molecule has 1 rings (SSSR count). The molecule has 0 heterocycles. The van der Waals surface area contributed by atoms with E-state index in [2.05, 4.69) is 32.6 Å². The number of benzene rings is 1. The van der Waals surface area contributed by atoms with Crippen molar-refractivity contribution in [2.45, 2.75) is 27.7 Å². The number of nitrogens with zero attached hydrogens (tertiary/aromatic N) is 1. The number of halogens is 1. The van der Waals surface area contributed by atoms with E-state index in [1.807, 2.05) is 0 Å². The number of nitrogens with two attached hydrogens (primary N) is 1. The smallest absolute Gasteiger partial charge is 0.125 e. The monoisotopic (exact) mass is 265 g/mol. The molecule has 0 atom stereocenters. The first kappa shape index (κ1) is 15.5. The zero-order valence-corrected chi connectivity index (χ0v) is 12.2. The van der Waals surface area contributed by atoms with E-state index in [4.69, 9.17) is 11.1 Å². The van der Waals surface area contributed by atoms with Gasteiger partial charge in [-0.15, -0.1) is 0 Å². The highest BCUT2D eigenvalue weighted by Crippen LogP contribution is 2.23. The molecule has 0 spiro atoms. The van der Waals surface area contributed by atoms with Gasteiger partial charge < -0.3 is 10.6 Å². The number of hydrogen-bond donors (Lipinski definition) is 2. The first-order valence-corrected chi connectivity index (χ1v) is 6.70. The van der Waals surface area contributed by atoms with Crippen molar-refractivity contribution in [3.8, 4) is 0 Å². The Morgan fingerprint density at radius 3 is 2.16 bits per heavy atom. The van der Waals surface area contributed by atoms with Crippen LogP contribution in [0, 0.1) is 23.1 Å². The highest BCUT2D eigenvalue weighted by Gasteiger charge is 2.16. The second-order valence-electron chi connectivity index (χ2n) is 5.77. The van der Waals surface area contributed by atoms with Crippen LogP contribution >= 0.6 is 0 Å². The average Bonchev–Trinajstić information content (AvgIpc) is 2.26. The van der Waals surface area contributed by atoms with Gasteiger partial charge in [-0.1, -0.05) is 27.7 Å². The Labute approximate surface area is 115 Å². The van der Waals surface area contributed by atoms with Gasteiger partial charge in [0.05, 0.1) is 0 Å². The molecule has 0 aliphatic heterocycles. The van der Waals surface area contributed by atoms with Crippen LogP contribution in [0.1, 0.15) is 33.3 Å². The van der Waals surface area contributed by atoms with Crippen LogP contribution in [0.3, 0.4) is 0 Å². The Morgan fingerprint density at radius 2 is 1.74 bits per heavy atom. The molecule has 0 fully saturated rings. The Morgan fingerprint density at radius 1 is 1.21 bits per heavy atom. The highest BCUT2D eigenvalue weighted by molar-refractivity contribution is 6.00. The number of nitrogen functional groups attached to an aromatic ring is 1. The van der Waals surface area contributed by atoms with Crippen molar-refractivity contribution in [3.05, 3.63) is 29.6 Å². The van der Waals surface area contributed by atoms with Gasteiger partial charge in [-0.25, -0.2) is 4.39 Å². The lowest BCUT2D eigenvalue weighted by molar-refractivity contribution is 0.552. The molecule has 0 radical (unpaired) electrons. The van der Waals surface area contributed by atoms with E-state index in [0.29, 0.717) is 17.4 Å². The van der Waals surface area contributed by atoms with Gasteiger partial charge in [0.15, 0.2) is 0 Å². The minimum absolute atomic E-state index is 0.0907. The van der Waals surface area contributed by atoms with Crippen LogP contribution in [-0.2, 0) is 0 Å². The Balaban J connectivity index is 3.16. The topological polar surface area (TPSA) is 53.1 Å². The van der Waals surface area contributed by atoms with E-state index in [0.717, 1.165) is 18.8 Å². The van der Waals surface area contributed by atoms with Crippen molar-refractivity contribution in [1.82, 2.24) is 0 Å². The molecule has 0 saturated heterocycles. The lowest BCUT2D eigenvalue weighted by Gasteiger charge is -2.30. The first-order chi connectivity index (χ1) is 8.81. The molecule has 3 nitrogen and oxygen atoms in total. The fourth-order valence-electron chi connectivity index (χ4n) is 2.15. The molecule has 106 valence electrons. The number of amidine groups is 1. The van der Waals surface area contributed by atoms with Crippen molar-refractivity contribution in [2.75, 3.05) is 18.0 Å². The van der Waals surface area contributed by atoms with Crippen LogP contribution in [0.5, 0.6) is 0 Å². The van der Waals surface area contributed by atoms with Crippen molar-refractivity contribution < 1.29 is 4.39 Å². The summed E-state index contributed by atoms with van der Waals surface area (Å²) in [6.07, 6.45) is 0. The number of anilines is 1. The highest BCUT2D eigenvalue weighted by atomic mass is 19.1. The lowest BCUT2D eigenvalue weighted by Crippen LogP contribution is -2.33. The van der Waals surface area contributed by atoms with Gasteiger partial charge in [0.2, 0.25) is 0 Å². The second kappa shape index (κ2) is 6.55. The zero-order chi connectivity index (χ0) is 14.6. The predicted octanol–water partition coefficient (Wildman–Crippen LogP) is 3.23. The molecular weight excluding hydrogens is 241 g/mol. The molecule has 3 N–H and O–H groups in total. The summed E-state index contributed by atoms with van der Waals surface area (Å²) < 4.78 is 13.3. The summed E-state index contributed by atoms with van der Waals surface area (Å²) in [6.45, 7) is 10.3. The van der Waals surface area contributed by atoms with E-state index < -0.39 is 0 Å². The predicted molar refractivity (Wildman–Crippen MR) is 79.3 cm³/mol. The minimum atomic E-state index is -0.358. The minimum Gasteiger partial charge on any atom is -0.384 e. The zero-order valence-electron chi connectivity index (χ0n) is 12.2. The quantitative estimate of drug-likeness (QED) is 0.613. The van der Waals surface area contributed by atoms with Crippen molar-refractivity contribution >= 4 is 11.5 Å². The Hall–Kier alpha value is -1.58. The maximum atomic E-state index is 13.3. The Kier molecular flexibility index (Phi) is 5.33. The van der Waals surface area contributed by atoms with E-state index in [1.54, 1.807) is 6.07 Å². The summed E-state index contributed by atoms with van der Waals surface area (Å²) in [5.74, 6) is 0.530. The molecule has 1 aromatic rings.